The third kappa shape index (κ3) is 4.32. The fraction of sp³-hybridized carbons (Fsp3) is 0.333. The van der Waals surface area contributed by atoms with Crippen LogP contribution in [-0.2, 0) is 0 Å². The second-order valence-corrected chi connectivity index (χ2v) is 6.19. The number of carbonyl (C=O) groups excluding carboxylic acids is 1. The number of hydrogen-bond acceptors (Lipinski definition) is 4. The first kappa shape index (κ1) is 16.9. The number of carbonyl (C=O) groups is 1. The van der Waals surface area contributed by atoms with Crippen molar-refractivity contribution in [2.24, 2.45) is 11.7 Å². The van der Waals surface area contributed by atoms with Crippen molar-refractivity contribution in [2.75, 3.05) is 19.6 Å². The summed E-state index contributed by atoms with van der Waals surface area (Å²) in [6.07, 6.45) is 4.96. The number of amides is 1. The summed E-state index contributed by atoms with van der Waals surface area (Å²) in [7, 11) is 0. The number of aromatic nitrogens is 2. The Bertz CT molecular complexity index is 723. The summed E-state index contributed by atoms with van der Waals surface area (Å²) in [6, 6.07) is 9.66. The molecule has 1 aliphatic rings. The molecule has 0 bridgehead atoms. The highest BCUT2D eigenvalue weighted by Gasteiger charge is 2.20. The molecule has 0 spiro atoms. The third-order valence-electron chi connectivity index (χ3n) is 4.45. The molecule has 25 heavy (non-hydrogen) atoms. The molecule has 0 aliphatic carbocycles. The van der Waals surface area contributed by atoms with Crippen molar-refractivity contribution >= 4 is 11.9 Å². The van der Waals surface area contributed by atoms with Gasteiger partial charge in [0.25, 0.3) is 5.91 Å². The molecule has 0 atom stereocenters. The zero-order chi connectivity index (χ0) is 17.6. The fourth-order valence-electron chi connectivity index (χ4n) is 2.90. The molecule has 0 radical (unpaired) electrons. The van der Waals surface area contributed by atoms with Crippen LogP contribution in [0.1, 0.15) is 23.2 Å². The standard InChI is InChI=1S/C18H22N6O/c19-18(20)24-8-6-13(7-9-24)10-23-17(25)15-11-21-16(22-12-15)14-4-2-1-3-5-14/h1-5,11-13H,6-10H2,(H3,19,20)(H,23,25). The van der Waals surface area contributed by atoms with Gasteiger partial charge in [-0.2, -0.15) is 0 Å². The smallest absolute Gasteiger partial charge is 0.254 e. The van der Waals surface area contributed by atoms with Crippen molar-refractivity contribution in [3.05, 3.63) is 48.3 Å². The largest absolute Gasteiger partial charge is 0.370 e. The lowest BCUT2D eigenvalue weighted by Gasteiger charge is -2.32. The fourth-order valence-corrected chi connectivity index (χ4v) is 2.90. The summed E-state index contributed by atoms with van der Waals surface area (Å²) in [6.45, 7) is 2.15. The highest BCUT2D eigenvalue weighted by molar-refractivity contribution is 5.93. The molecule has 7 nitrogen and oxygen atoms in total. The van der Waals surface area contributed by atoms with Gasteiger partial charge in [-0.25, -0.2) is 9.97 Å². The van der Waals surface area contributed by atoms with Crippen LogP contribution < -0.4 is 11.1 Å². The van der Waals surface area contributed by atoms with Crippen molar-refractivity contribution in [1.29, 1.82) is 5.41 Å². The lowest BCUT2D eigenvalue weighted by atomic mass is 9.97. The minimum atomic E-state index is -0.159. The predicted octanol–water partition coefficient (Wildman–Crippen LogP) is 1.48. The minimum absolute atomic E-state index is 0.123. The zero-order valence-electron chi connectivity index (χ0n) is 14.0. The number of likely N-dealkylation sites (tertiary alicyclic amines) is 1. The molecule has 4 N–H and O–H groups in total. The van der Waals surface area contributed by atoms with Crippen LogP contribution in [0.15, 0.2) is 42.7 Å². The van der Waals surface area contributed by atoms with E-state index in [-0.39, 0.29) is 11.9 Å². The molecule has 0 unspecified atom stereocenters. The van der Waals surface area contributed by atoms with Crippen LogP contribution in [0.5, 0.6) is 0 Å². The van der Waals surface area contributed by atoms with Gasteiger partial charge < -0.3 is 16.0 Å². The Hall–Kier alpha value is -2.96. The quantitative estimate of drug-likeness (QED) is 0.578. The Morgan fingerprint density at radius 2 is 1.84 bits per heavy atom. The van der Waals surface area contributed by atoms with Crippen molar-refractivity contribution in [3.8, 4) is 11.4 Å². The molecular weight excluding hydrogens is 316 g/mol. The van der Waals surface area contributed by atoms with Crippen LogP contribution in [0, 0.1) is 11.3 Å². The summed E-state index contributed by atoms with van der Waals surface area (Å²) in [5.41, 5.74) is 6.87. The first-order valence-electron chi connectivity index (χ1n) is 8.38. The third-order valence-corrected chi connectivity index (χ3v) is 4.45. The first-order valence-corrected chi connectivity index (χ1v) is 8.38. The lowest BCUT2D eigenvalue weighted by molar-refractivity contribution is 0.0940. The SMILES string of the molecule is N=C(N)N1CCC(CNC(=O)c2cnc(-c3ccccc3)nc2)CC1. The van der Waals surface area contributed by atoms with E-state index in [1.54, 1.807) is 12.4 Å². The van der Waals surface area contributed by atoms with Crippen LogP contribution in [0.4, 0.5) is 0 Å². The highest BCUT2D eigenvalue weighted by Crippen LogP contribution is 2.16. The zero-order valence-corrected chi connectivity index (χ0v) is 14.0. The van der Waals surface area contributed by atoms with E-state index in [2.05, 4.69) is 15.3 Å². The number of piperidine rings is 1. The number of nitrogens with two attached hydrogens (primary N) is 1. The minimum Gasteiger partial charge on any atom is -0.370 e. The Labute approximate surface area is 146 Å². The number of guanidine groups is 1. The van der Waals surface area contributed by atoms with Gasteiger partial charge in [0.1, 0.15) is 0 Å². The molecule has 2 aromatic rings. The Morgan fingerprint density at radius 3 is 2.44 bits per heavy atom. The van der Waals surface area contributed by atoms with E-state index in [1.165, 1.54) is 0 Å². The monoisotopic (exact) mass is 338 g/mol. The summed E-state index contributed by atoms with van der Waals surface area (Å²) in [5, 5.41) is 10.4. The number of nitrogens with one attached hydrogen (secondary N) is 2. The Balaban J connectivity index is 1.51. The lowest BCUT2D eigenvalue weighted by Crippen LogP contribution is -2.44. The van der Waals surface area contributed by atoms with E-state index in [0.717, 1.165) is 31.5 Å². The Morgan fingerprint density at radius 1 is 1.20 bits per heavy atom. The van der Waals surface area contributed by atoms with E-state index in [4.69, 9.17) is 11.1 Å². The average molecular weight is 338 g/mol. The second-order valence-electron chi connectivity index (χ2n) is 6.19. The van der Waals surface area contributed by atoms with Crippen molar-refractivity contribution in [2.45, 2.75) is 12.8 Å². The highest BCUT2D eigenvalue weighted by atomic mass is 16.1. The topological polar surface area (TPSA) is 108 Å². The number of hydrogen-bond donors (Lipinski definition) is 3. The van der Waals surface area contributed by atoms with E-state index >= 15 is 0 Å². The van der Waals surface area contributed by atoms with Gasteiger partial charge in [0.2, 0.25) is 0 Å². The Kier molecular flexibility index (Phi) is 5.23. The van der Waals surface area contributed by atoms with Gasteiger partial charge in [0.15, 0.2) is 11.8 Å². The van der Waals surface area contributed by atoms with Crippen LogP contribution in [0.3, 0.4) is 0 Å². The average Bonchev–Trinajstić information content (AvgIpc) is 2.67. The molecule has 0 saturated carbocycles. The van der Waals surface area contributed by atoms with E-state index < -0.39 is 0 Å². The second kappa shape index (κ2) is 7.74. The van der Waals surface area contributed by atoms with E-state index in [9.17, 15) is 4.79 Å². The maximum absolute atomic E-state index is 12.3. The molecule has 7 heteroatoms. The van der Waals surface area contributed by atoms with Crippen LogP contribution in [-0.4, -0.2) is 46.4 Å². The van der Waals surface area contributed by atoms with Gasteiger partial charge in [-0.15, -0.1) is 0 Å². The van der Waals surface area contributed by atoms with Gasteiger partial charge in [0, 0.05) is 37.6 Å². The number of benzene rings is 1. The van der Waals surface area contributed by atoms with Gasteiger partial charge >= 0.3 is 0 Å². The van der Waals surface area contributed by atoms with Gasteiger partial charge in [0.05, 0.1) is 5.56 Å². The van der Waals surface area contributed by atoms with Crippen LogP contribution in [0.2, 0.25) is 0 Å². The van der Waals surface area contributed by atoms with Crippen molar-refractivity contribution < 1.29 is 4.79 Å². The maximum Gasteiger partial charge on any atom is 0.254 e. The number of nitrogens with zero attached hydrogens (tertiary/aromatic N) is 3. The van der Waals surface area contributed by atoms with E-state index in [0.29, 0.717) is 23.9 Å². The summed E-state index contributed by atoms with van der Waals surface area (Å²) in [5.74, 6) is 0.976. The van der Waals surface area contributed by atoms with Crippen molar-refractivity contribution in [1.82, 2.24) is 20.2 Å². The number of rotatable bonds is 4. The molecule has 1 fully saturated rings. The van der Waals surface area contributed by atoms with Gasteiger partial charge in [-0.1, -0.05) is 30.3 Å². The summed E-state index contributed by atoms with van der Waals surface area (Å²) in [4.78, 5) is 22.7. The van der Waals surface area contributed by atoms with Crippen molar-refractivity contribution in [3.63, 3.8) is 0 Å². The molecular formula is C18H22N6O. The molecule has 1 aliphatic heterocycles. The van der Waals surface area contributed by atoms with Gasteiger partial charge in [-0.05, 0) is 18.8 Å². The first-order chi connectivity index (χ1) is 12.1. The molecule has 1 aromatic carbocycles. The molecule has 1 aromatic heterocycles. The summed E-state index contributed by atoms with van der Waals surface area (Å²) < 4.78 is 0. The van der Waals surface area contributed by atoms with E-state index in [1.807, 2.05) is 35.2 Å². The van der Waals surface area contributed by atoms with Crippen LogP contribution in [0.25, 0.3) is 11.4 Å². The molecule has 1 saturated heterocycles. The molecule has 3 rings (SSSR count). The summed E-state index contributed by atoms with van der Waals surface area (Å²) >= 11 is 0. The normalized spacial score (nSPS) is 15.0. The van der Waals surface area contributed by atoms with Gasteiger partial charge in [-0.3, -0.25) is 10.2 Å². The maximum atomic E-state index is 12.3. The van der Waals surface area contributed by atoms with Crippen LogP contribution >= 0.6 is 0 Å². The predicted molar refractivity (Wildman–Crippen MR) is 96.0 cm³/mol. The molecule has 2 heterocycles. The molecule has 130 valence electrons. The molecule has 1 amide bonds.